The number of allylic oxidation sites excluding steroid dienone is 2. The van der Waals surface area contributed by atoms with Crippen molar-refractivity contribution in [3.63, 3.8) is 0 Å². The average Bonchev–Trinajstić information content (AvgIpc) is 3.16. The van der Waals surface area contributed by atoms with Crippen LogP contribution in [0.4, 0.5) is 0 Å². The van der Waals surface area contributed by atoms with Gasteiger partial charge in [0.1, 0.15) is 6.10 Å². The number of carbonyl (C=O) groups is 2. The first kappa shape index (κ1) is 14.7. The van der Waals surface area contributed by atoms with Crippen LogP contribution < -0.4 is 0 Å². The highest BCUT2D eigenvalue weighted by molar-refractivity contribution is 5.97. The van der Waals surface area contributed by atoms with E-state index in [2.05, 4.69) is 6.92 Å². The van der Waals surface area contributed by atoms with Crippen LogP contribution in [0, 0.1) is 17.3 Å². The van der Waals surface area contributed by atoms with Gasteiger partial charge in [-0.2, -0.15) is 0 Å². The summed E-state index contributed by atoms with van der Waals surface area (Å²) in [5.74, 6) is 0.606. The molecule has 2 heterocycles. The maximum Gasteiger partial charge on any atom is 0.313 e. The zero-order valence-electron chi connectivity index (χ0n) is 13.6. The van der Waals surface area contributed by atoms with Crippen LogP contribution in [0.15, 0.2) is 34.2 Å². The van der Waals surface area contributed by atoms with Crippen molar-refractivity contribution >= 4 is 11.8 Å². The summed E-state index contributed by atoms with van der Waals surface area (Å²) in [5, 5.41) is 0. The van der Waals surface area contributed by atoms with E-state index in [9.17, 15) is 9.59 Å². The van der Waals surface area contributed by atoms with Gasteiger partial charge in [0.2, 0.25) is 0 Å². The van der Waals surface area contributed by atoms with Crippen molar-refractivity contribution in [3.05, 3.63) is 35.3 Å². The molecule has 4 rings (SSSR count). The van der Waals surface area contributed by atoms with Crippen molar-refractivity contribution in [2.75, 3.05) is 0 Å². The third kappa shape index (κ3) is 1.97. The number of cyclic esters (lactones) is 1. The largest absolute Gasteiger partial charge is 0.472 e. The van der Waals surface area contributed by atoms with Gasteiger partial charge >= 0.3 is 5.97 Å². The van der Waals surface area contributed by atoms with Crippen LogP contribution in [0.2, 0.25) is 0 Å². The van der Waals surface area contributed by atoms with Crippen molar-refractivity contribution < 1.29 is 18.7 Å². The fraction of sp³-hybridized carbons (Fsp3) is 0.579. The number of furan rings is 1. The second-order valence-corrected chi connectivity index (χ2v) is 7.30. The average molecular weight is 314 g/mol. The second-order valence-electron chi connectivity index (χ2n) is 7.30. The van der Waals surface area contributed by atoms with Gasteiger partial charge in [-0.1, -0.05) is 12.5 Å². The van der Waals surface area contributed by atoms with Crippen molar-refractivity contribution in [1.82, 2.24) is 0 Å². The Morgan fingerprint density at radius 1 is 1.22 bits per heavy atom. The summed E-state index contributed by atoms with van der Waals surface area (Å²) in [6.07, 6.45) is 6.98. The number of ketones is 1. The maximum atomic E-state index is 12.9. The van der Waals surface area contributed by atoms with Crippen LogP contribution in [0.3, 0.4) is 0 Å². The Balaban J connectivity index is 1.76. The number of fused-ring (bicyclic) bond motifs is 2. The monoisotopic (exact) mass is 314 g/mol. The second kappa shape index (κ2) is 5.08. The van der Waals surface area contributed by atoms with E-state index in [1.807, 2.05) is 13.0 Å². The zero-order valence-corrected chi connectivity index (χ0v) is 13.6. The van der Waals surface area contributed by atoms with Crippen molar-refractivity contribution in [1.29, 1.82) is 0 Å². The van der Waals surface area contributed by atoms with E-state index in [4.69, 9.17) is 9.15 Å². The lowest BCUT2D eigenvalue weighted by Crippen LogP contribution is -2.46. The Labute approximate surface area is 135 Å². The number of carbonyl (C=O) groups excluding carboxylic acids is 2. The van der Waals surface area contributed by atoms with Crippen molar-refractivity contribution in [2.45, 2.75) is 52.1 Å². The number of esters is 1. The highest BCUT2D eigenvalue weighted by Crippen LogP contribution is 2.60. The molecule has 0 unspecified atom stereocenters. The number of ether oxygens (including phenoxy) is 1. The minimum absolute atomic E-state index is 0.0828. The number of hydrogen-bond acceptors (Lipinski definition) is 4. The van der Waals surface area contributed by atoms with Crippen molar-refractivity contribution in [3.8, 4) is 0 Å². The molecular weight excluding hydrogens is 292 g/mol. The lowest BCUT2D eigenvalue weighted by atomic mass is 9.54. The van der Waals surface area contributed by atoms with Gasteiger partial charge in [-0.3, -0.25) is 9.59 Å². The summed E-state index contributed by atoms with van der Waals surface area (Å²) in [4.78, 5) is 25.0. The molecule has 23 heavy (non-hydrogen) atoms. The number of Topliss-reactive ketones (excluding diaryl/α,β-unsaturated/α-hetero) is 1. The van der Waals surface area contributed by atoms with Gasteiger partial charge in [0.25, 0.3) is 0 Å². The molecule has 4 atom stereocenters. The Kier molecular flexibility index (Phi) is 3.26. The first-order valence-electron chi connectivity index (χ1n) is 8.50. The van der Waals surface area contributed by atoms with E-state index in [0.29, 0.717) is 12.8 Å². The summed E-state index contributed by atoms with van der Waals surface area (Å²) in [5.41, 5.74) is 2.57. The molecule has 1 saturated carbocycles. The Morgan fingerprint density at radius 3 is 2.78 bits per heavy atom. The molecule has 0 radical (unpaired) electrons. The Hall–Kier alpha value is -1.84. The van der Waals surface area contributed by atoms with Gasteiger partial charge in [0.05, 0.1) is 17.9 Å². The predicted octanol–water partition coefficient (Wildman–Crippen LogP) is 3.98. The molecule has 2 aliphatic carbocycles. The van der Waals surface area contributed by atoms with Crippen LogP contribution in [0.1, 0.15) is 57.6 Å². The lowest BCUT2D eigenvalue weighted by molar-refractivity contribution is -0.155. The fourth-order valence-electron chi connectivity index (χ4n) is 4.98. The Bertz CT molecular complexity index is 684. The normalized spacial score (nSPS) is 37.2. The molecule has 0 aromatic carbocycles. The third-order valence-electron chi connectivity index (χ3n) is 6.40. The van der Waals surface area contributed by atoms with Gasteiger partial charge < -0.3 is 9.15 Å². The van der Waals surface area contributed by atoms with Crippen LogP contribution in [-0.2, 0) is 14.3 Å². The SMILES string of the molecule is CC1=C2CC[C@@H](C)[C@]3(C[C@@H](c4ccoc4)OC3=O)[C@H]2CCC1=O. The van der Waals surface area contributed by atoms with Gasteiger partial charge in [-0.05, 0) is 49.7 Å². The van der Waals surface area contributed by atoms with Crippen molar-refractivity contribution in [2.24, 2.45) is 17.3 Å². The molecule has 3 aliphatic rings. The third-order valence-corrected chi connectivity index (χ3v) is 6.40. The van der Waals surface area contributed by atoms with Crippen LogP contribution >= 0.6 is 0 Å². The topological polar surface area (TPSA) is 56.5 Å². The smallest absolute Gasteiger partial charge is 0.313 e. The first-order valence-corrected chi connectivity index (χ1v) is 8.50. The fourth-order valence-corrected chi connectivity index (χ4v) is 4.98. The van der Waals surface area contributed by atoms with E-state index < -0.39 is 5.41 Å². The van der Waals surface area contributed by atoms with Crippen LogP contribution in [0.5, 0.6) is 0 Å². The van der Waals surface area contributed by atoms with Gasteiger partial charge in [-0.15, -0.1) is 0 Å². The molecule has 1 aromatic heterocycles. The van der Waals surface area contributed by atoms with Gasteiger partial charge in [0.15, 0.2) is 5.78 Å². The van der Waals surface area contributed by atoms with E-state index >= 15 is 0 Å². The van der Waals surface area contributed by atoms with Gasteiger partial charge in [0, 0.05) is 18.4 Å². The maximum absolute atomic E-state index is 12.9. The quantitative estimate of drug-likeness (QED) is 0.736. The summed E-state index contributed by atoms with van der Waals surface area (Å²) < 4.78 is 10.9. The number of hydrogen-bond donors (Lipinski definition) is 0. The summed E-state index contributed by atoms with van der Waals surface area (Å²) in [7, 11) is 0. The minimum Gasteiger partial charge on any atom is -0.472 e. The highest BCUT2D eigenvalue weighted by Gasteiger charge is 2.60. The molecular formula is C19H22O4. The molecule has 0 N–H and O–H groups in total. The van der Waals surface area contributed by atoms with Crippen LogP contribution in [-0.4, -0.2) is 11.8 Å². The minimum atomic E-state index is -0.475. The summed E-state index contributed by atoms with van der Waals surface area (Å²) in [6.45, 7) is 4.10. The molecule has 1 aliphatic heterocycles. The van der Waals surface area contributed by atoms with Gasteiger partial charge in [-0.25, -0.2) is 0 Å². The first-order chi connectivity index (χ1) is 11.0. The highest BCUT2D eigenvalue weighted by atomic mass is 16.6. The predicted molar refractivity (Wildman–Crippen MR) is 83.4 cm³/mol. The number of rotatable bonds is 1. The standard InChI is InChI=1S/C19H22O4/c1-11-3-4-14-12(2)16(20)6-5-15(14)19(11)9-17(23-18(19)21)13-7-8-22-10-13/h7-8,10-11,15,17H,3-6,9H2,1-2H3/t11-,15+,17+,19-/m1/s1. The lowest BCUT2D eigenvalue weighted by Gasteiger charge is -2.46. The molecule has 0 amide bonds. The molecule has 1 saturated heterocycles. The molecule has 1 spiro atoms. The molecule has 2 fully saturated rings. The summed E-state index contributed by atoms with van der Waals surface area (Å²) >= 11 is 0. The molecule has 0 bridgehead atoms. The molecule has 122 valence electrons. The molecule has 1 aromatic rings. The Morgan fingerprint density at radius 2 is 2.04 bits per heavy atom. The van der Waals surface area contributed by atoms with E-state index in [-0.39, 0.29) is 29.7 Å². The zero-order chi connectivity index (χ0) is 16.2. The van der Waals surface area contributed by atoms with Crippen LogP contribution in [0.25, 0.3) is 0 Å². The summed E-state index contributed by atoms with van der Waals surface area (Å²) in [6, 6.07) is 1.87. The molecule has 4 nitrogen and oxygen atoms in total. The van der Waals surface area contributed by atoms with E-state index in [1.165, 1.54) is 5.57 Å². The molecule has 4 heteroatoms. The van der Waals surface area contributed by atoms with E-state index in [1.54, 1.807) is 12.5 Å². The van der Waals surface area contributed by atoms with E-state index in [0.717, 1.165) is 30.4 Å².